The maximum atomic E-state index is 11.2. The summed E-state index contributed by atoms with van der Waals surface area (Å²) in [7, 11) is 0. The first-order valence-corrected chi connectivity index (χ1v) is 7.90. The fourth-order valence-corrected chi connectivity index (χ4v) is 2.82. The van der Waals surface area contributed by atoms with Gasteiger partial charge < -0.3 is 14.4 Å². The van der Waals surface area contributed by atoms with Crippen molar-refractivity contribution >= 4 is 17.0 Å². The summed E-state index contributed by atoms with van der Waals surface area (Å²) in [5.41, 5.74) is 2.89. The van der Waals surface area contributed by atoms with Crippen LogP contribution in [0.3, 0.4) is 0 Å². The van der Waals surface area contributed by atoms with Crippen LogP contribution in [0.5, 0.6) is 5.75 Å². The van der Waals surface area contributed by atoms with Gasteiger partial charge in [-0.1, -0.05) is 18.2 Å². The highest BCUT2D eigenvalue weighted by Crippen LogP contribution is 2.24. The third-order valence-electron chi connectivity index (χ3n) is 3.98. The number of para-hydroxylation sites is 1. The molecule has 1 N–H and O–H groups in total. The van der Waals surface area contributed by atoms with E-state index in [1.54, 1.807) is 12.1 Å². The molecule has 0 radical (unpaired) electrons. The zero-order chi connectivity index (χ0) is 17.3. The SMILES string of the molecule is Cc1ccccc1OCc1nc2cc(C(=O)O)ccc2n1C(C)C. The van der Waals surface area contributed by atoms with E-state index in [4.69, 9.17) is 9.84 Å². The third kappa shape index (κ3) is 2.97. The molecule has 0 aliphatic carbocycles. The van der Waals surface area contributed by atoms with Crippen molar-refractivity contribution < 1.29 is 14.6 Å². The minimum Gasteiger partial charge on any atom is -0.485 e. The molecule has 0 unspecified atom stereocenters. The molecule has 1 heterocycles. The van der Waals surface area contributed by atoms with Crippen LogP contribution in [-0.2, 0) is 6.61 Å². The topological polar surface area (TPSA) is 64.3 Å². The van der Waals surface area contributed by atoms with Gasteiger partial charge in [-0.15, -0.1) is 0 Å². The van der Waals surface area contributed by atoms with E-state index >= 15 is 0 Å². The summed E-state index contributed by atoms with van der Waals surface area (Å²) in [5, 5.41) is 9.15. The van der Waals surface area contributed by atoms with E-state index in [1.165, 1.54) is 0 Å². The lowest BCUT2D eigenvalue weighted by Gasteiger charge is -2.14. The fourth-order valence-electron chi connectivity index (χ4n) is 2.82. The Labute approximate surface area is 140 Å². The average molecular weight is 324 g/mol. The highest BCUT2D eigenvalue weighted by molar-refractivity contribution is 5.92. The van der Waals surface area contributed by atoms with Crippen molar-refractivity contribution in [3.05, 3.63) is 59.4 Å². The molecule has 0 spiro atoms. The number of aryl methyl sites for hydroxylation is 1. The summed E-state index contributed by atoms with van der Waals surface area (Å²) in [6.45, 7) is 6.48. The molecule has 0 aliphatic rings. The number of aromatic carboxylic acids is 1. The number of ether oxygens (including phenoxy) is 1. The van der Waals surface area contributed by atoms with Gasteiger partial charge in [0.25, 0.3) is 0 Å². The summed E-state index contributed by atoms with van der Waals surface area (Å²) in [6, 6.07) is 13.1. The van der Waals surface area contributed by atoms with Crippen LogP contribution in [0.4, 0.5) is 0 Å². The van der Waals surface area contributed by atoms with Crippen LogP contribution in [0.1, 0.15) is 41.6 Å². The predicted molar refractivity (Wildman–Crippen MR) is 92.6 cm³/mol. The van der Waals surface area contributed by atoms with E-state index < -0.39 is 5.97 Å². The van der Waals surface area contributed by atoms with Crippen molar-refractivity contribution in [3.8, 4) is 5.75 Å². The Bertz CT molecular complexity index is 897. The largest absolute Gasteiger partial charge is 0.485 e. The molecule has 0 aliphatic heterocycles. The second kappa shape index (κ2) is 6.35. The van der Waals surface area contributed by atoms with Crippen molar-refractivity contribution in [3.63, 3.8) is 0 Å². The van der Waals surface area contributed by atoms with E-state index in [9.17, 15) is 4.79 Å². The molecule has 3 rings (SSSR count). The number of hydrogen-bond acceptors (Lipinski definition) is 3. The minimum absolute atomic E-state index is 0.196. The molecule has 24 heavy (non-hydrogen) atoms. The zero-order valence-electron chi connectivity index (χ0n) is 14.0. The van der Waals surface area contributed by atoms with Crippen molar-refractivity contribution in [2.24, 2.45) is 0 Å². The maximum absolute atomic E-state index is 11.2. The van der Waals surface area contributed by atoms with Crippen LogP contribution in [0.15, 0.2) is 42.5 Å². The number of carboxylic acid groups (broad SMARTS) is 1. The van der Waals surface area contributed by atoms with Crippen LogP contribution in [-0.4, -0.2) is 20.6 Å². The Morgan fingerprint density at radius 3 is 2.67 bits per heavy atom. The number of benzene rings is 2. The molecule has 2 aromatic carbocycles. The molecule has 0 atom stereocenters. The standard InChI is InChI=1S/C19H20N2O3/c1-12(2)21-16-9-8-14(19(22)23)10-15(16)20-18(21)11-24-17-7-5-4-6-13(17)3/h4-10,12H,11H2,1-3H3,(H,22,23). The van der Waals surface area contributed by atoms with Crippen molar-refractivity contribution in [1.29, 1.82) is 0 Å². The van der Waals surface area contributed by atoms with Gasteiger partial charge in [-0.2, -0.15) is 0 Å². The third-order valence-corrected chi connectivity index (χ3v) is 3.98. The first-order valence-electron chi connectivity index (χ1n) is 7.90. The molecule has 0 amide bonds. The highest BCUT2D eigenvalue weighted by Gasteiger charge is 2.16. The quantitative estimate of drug-likeness (QED) is 0.764. The number of imidazole rings is 1. The number of rotatable bonds is 5. The van der Waals surface area contributed by atoms with Crippen LogP contribution in [0, 0.1) is 6.92 Å². The lowest BCUT2D eigenvalue weighted by atomic mass is 10.2. The van der Waals surface area contributed by atoms with Crippen LogP contribution >= 0.6 is 0 Å². The Morgan fingerprint density at radius 1 is 1.25 bits per heavy atom. The maximum Gasteiger partial charge on any atom is 0.335 e. The lowest BCUT2D eigenvalue weighted by Crippen LogP contribution is -2.09. The molecule has 124 valence electrons. The molecule has 0 fully saturated rings. The van der Waals surface area contributed by atoms with E-state index in [1.807, 2.05) is 37.3 Å². The second-order valence-electron chi connectivity index (χ2n) is 6.05. The Hall–Kier alpha value is -2.82. The molecule has 0 bridgehead atoms. The van der Waals surface area contributed by atoms with E-state index in [2.05, 4.69) is 23.4 Å². The van der Waals surface area contributed by atoms with Gasteiger partial charge in [0.2, 0.25) is 0 Å². The molecule has 0 saturated heterocycles. The molecule has 5 heteroatoms. The lowest BCUT2D eigenvalue weighted by molar-refractivity contribution is 0.0697. The average Bonchev–Trinajstić information content (AvgIpc) is 2.91. The number of carbonyl (C=O) groups is 1. The Balaban J connectivity index is 1.98. The normalized spacial score (nSPS) is 11.2. The van der Waals surface area contributed by atoms with Gasteiger partial charge in [0.15, 0.2) is 0 Å². The van der Waals surface area contributed by atoms with Crippen molar-refractivity contribution in [1.82, 2.24) is 9.55 Å². The van der Waals surface area contributed by atoms with E-state index in [0.29, 0.717) is 12.1 Å². The molecule has 5 nitrogen and oxygen atoms in total. The smallest absolute Gasteiger partial charge is 0.335 e. The van der Waals surface area contributed by atoms with Gasteiger partial charge in [0.05, 0.1) is 16.6 Å². The van der Waals surface area contributed by atoms with Gasteiger partial charge in [0, 0.05) is 6.04 Å². The summed E-state index contributed by atoms with van der Waals surface area (Å²) in [4.78, 5) is 15.8. The Morgan fingerprint density at radius 2 is 2.00 bits per heavy atom. The fraction of sp³-hybridized carbons (Fsp3) is 0.263. The van der Waals surface area contributed by atoms with Gasteiger partial charge >= 0.3 is 5.97 Å². The van der Waals surface area contributed by atoms with Crippen LogP contribution in [0.2, 0.25) is 0 Å². The number of carboxylic acids is 1. The monoisotopic (exact) mass is 324 g/mol. The Kier molecular flexibility index (Phi) is 4.25. The van der Waals surface area contributed by atoms with Gasteiger partial charge in [0.1, 0.15) is 18.2 Å². The molecule has 0 saturated carbocycles. The van der Waals surface area contributed by atoms with E-state index in [0.717, 1.165) is 22.7 Å². The summed E-state index contributed by atoms with van der Waals surface area (Å²) >= 11 is 0. The van der Waals surface area contributed by atoms with Crippen molar-refractivity contribution in [2.75, 3.05) is 0 Å². The number of nitrogens with zero attached hydrogens (tertiary/aromatic N) is 2. The predicted octanol–water partition coefficient (Wildman–Crippen LogP) is 4.20. The van der Waals surface area contributed by atoms with E-state index in [-0.39, 0.29) is 11.6 Å². The highest BCUT2D eigenvalue weighted by atomic mass is 16.5. The summed E-state index contributed by atoms with van der Waals surface area (Å²) < 4.78 is 8.00. The molecular formula is C19H20N2O3. The molecular weight excluding hydrogens is 304 g/mol. The number of fused-ring (bicyclic) bond motifs is 1. The summed E-state index contributed by atoms with van der Waals surface area (Å²) in [6.07, 6.45) is 0. The number of aromatic nitrogens is 2. The first kappa shape index (κ1) is 16.1. The molecule has 3 aromatic rings. The van der Waals surface area contributed by atoms with Crippen LogP contribution in [0.25, 0.3) is 11.0 Å². The second-order valence-corrected chi connectivity index (χ2v) is 6.05. The van der Waals surface area contributed by atoms with Gasteiger partial charge in [-0.25, -0.2) is 9.78 Å². The first-order chi connectivity index (χ1) is 11.5. The minimum atomic E-state index is -0.950. The molecule has 1 aromatic heterocycles. The van der Waals surface area contributed by atoms with Crippen molar-refractivity contribution in [2.45, 2.75) is 33.4 Å². The van der Waals surface area contributed by atoms with Gasteiger partial charge in [-0.3, -0.25) is 0 Å². The number of hydrogen-bond donors (Lipinski definition) is 1. The summed E-state index contributed by atoms with van der Waals surface area (Å²) in [5.74, 6) is 0.658. The van der Waals surface area contributed by atoms with Crippen LogP contribution < -0.4 is 4.74 Å². The van der Waals surface area contributed by atoms with Gasteiger partial charge in [-0.05, 0) is 50.6 Å². The zero-order valence-corrected chi connectivity index (χ0v) is 14.0.